The largest absolute Gasteiger partial charge is 0.506 e. The highest BCUT2D eigenvalue weighted by atomic mass is 35.5. The van der Waals surface area contributed by atoms with Crippen molar-refractivity contribution in [3.05, 3.63) is 24.0 Å². The summed E-state index contributed by atoms with van der Waals surface area (Å²) in [6.45, 7) is 0. The highest BCUT2D eigenvalue weighted by molar-refractivity contribution is 6.68. The number of halogens is 1. The van der Waals surface area contributed by atoms with Crippen LogP contribution in [0.5, 0.6) is 5.75 Å². The molecule has 0 saturated heterocycles. The third-order valence-electron chi connectivity index (χ3n) is 0.994. The van der Waals surface area contributed by atoms with E-state index in [1.165, 1.54) is 12.3 Å². The summed E-state index contributed by atoms with van der Waals surface area (Å²) < 4.78 is 0. The number of nitrogens with one attached hydrogen (secondary N) is 1. The first kappa shape index (κ1) is 7.02. The lowest BCUT2D eigenvalue weighted by Crippen LogP contribution is -1.92. The molecule has 10 heavy (non-hydrogen) atoms. The summed E-state index contributed by atoms with van der Waals surface area (Å²) >= 11 is 5.27. The van der Waals surface area contributed by atoms with Gasteiger partial charge in [-0.05, 0) is 12.1 Å². The summed E-state index contributed by atoms with van der Waals surface area (Å²) in [6.07, 6.45) is 1.46. The molecule has 1 aromatic rings. The van der Waals surface area contributed by atoms with Crippen LogP contribution in [-0.2, 0) is 0 Å². The average Bonchev–Trinajstić information content (AvgIpc) is 1.88. The number of hydrogen-bond donors (Lipinski definition) is 2. The molecule has 0 fully saturated rings. The third kappa shape index (κ3) is 1.25. The third-order valence-corrected chi connectivity index (χ3v) is 1.17. The van der Waals surface area contributed by atoms with Crippen molar-refractivity contribution in [1.29, 1.82) is 5.41 Å². The van der Waals surface area contributed by atoms with Crippen molar-refractivity contribution >= 4 is 16.8 Å². The van der Waals surface area contributed by atoms with Crippen molar-refractivity contribution in [3.63, 3.8) is 0 Å². The number of aromatic hydroxyl groups is 1. The Bertz CT molecular complexity index is 262. The van der Waals surface area contributed by atoms with Crippen LogP contribution in [0.3, 0.4) is 0 Å². The molecule has 0 atom stereocenters. The first-order valence-electron chi connectivity index (χ1n) is 2.60. The summed E-state index contributed by atoms with van der Waals surface area (Å²) in [5, 5.41) is 15.7. The van der Waals surface area contributed by atoms with Gasteiger partial charge in [0.05, 0.1) is 0 Å². The molecular formula is C6H5ClN2O. The topological polar surface area (TPSA) is 57.0 Å². The van der Waals surface area contributed by atoms with Crippen molar-refractivity contribution in [1.82, 2.24) is 4.98 Å². The zero-order valence-corrected chi connectivity index (χ0v) is 5.76. The van der Waals surface area contributed by atoms with E-state index in [4.69, 9.17) is 22.1 Å². The van der Waals surface area contributed by atoms with Crippen LogP contribution in [0, 0.1) is 5.41 Å². The second kappa shape index (κ2) is 2.66. The highest BCUT2D eigenvalue weighted by Gasteiger charge is 2.03. The summed E-state index contributed by atoms with van der Waals surface area (Å²) in [6, 6.07) is 3.00. The molecule has 4 heteroatoms. The summed E-state index contributed by atoms with van der Waals surface area (Å²) in [5.41, 5.74) is 0.115. The molecule has 0 unspecified atom stereocenters. The lowest BCUT2D eigenvalue weighted by molar-refractivity contribution is 0.471. The molecule has 0 saturated carbocycles. The standard InChI is InChI=1S/C6H5ClN2O/c7-6(8)5-4(10)2-1-3-9-5/h1-3,8,10H. The van der Waals surface area contributed by atoms with Crippen molar-refractivity contribution in [3.8, 4) is 5.75 Å². The van der Waals surface area contributed by atoms with E-state index >= 15 is 0 Å². The number of aromatic nitrogens is 1. The maximum absolute atomic E-state index is 8.99. The van der Waals surface area contributed by atoms with E-state index in [1.54, 1.807) is 6.07 Å². The van der Waals surface area contributed by atoms with Crippen LogP contribution >= 0.6 is 11.6 Å². The van der Waals surface area contributed by atoms with Gasteiger partial charge < -0.3 is 5.11 Å². The zero-order valence-electron chi connectivity index (χ0n) is 5.00. The second-order valence-corrected chi connectivity index (χ2v) is 2.06. The van der Waals surface area contributed by atoms with Gasteiger partial charge >= 0.3 is 0 Å². The summed E-state index contributed by atoms with van der Waals surface area (Å²) in [4.78, 5) is 3.67. The quantitative estimate of drug-likeness (QED) is 0.603. The van der Waals surface area contributed by atoms with Gasteiger partial charge in [-0.15, -0.1) is 0 Å². The van der Waals surface area contributed by atoms with Gasteiger partial charge in [0.25, 0.3) is 0 Å². The zero-order chi connectivity index (χ0) is 7.56. The Balaban J connectivity index is 3.15. The van der Waals surface area contributed by atoms with E-state index in [1.807, 2.05) is 0 Å². The van der Waals surface area contributed by atoms with Crippen LogP contribution in [0.4, 0.5) is 0 Å². The van der Waals surface area contributed by atoms with E-state index in [0.29, 0.717) is 0 Å². The van der Waals surface area contributed by atoms with Gasteiger partial charge in [-0.2, -0.15) is 0 Å². The fourth-order valence-corrected chi connectivity index (χ4v) is 0.712. The maximum Gasteiger partial charge on any atom is 0.150 e. The molecule has 0 radical (unpaired) electrons. The first-order valence-corrected chi connectivity index (χ1v) is 2.98. The Morgan fingerprint density at radius 3 is 2.80 bits per heavy atom. The Morgan fingerprint density at radius 1 is 1.70 bits per heavy atom. The average molecular weight is 157 g/mol. The van der Waals surface area contributed by atoms with Gasteiger partial charge in [0.15, 0.2) is 5.17 Å². The SMILES string of the molecule is N=C(Cl)c1ncccc1O. The summed E-state index contributed by atoms with van der Waals surface area (Å²) in [5.74, 6) is -0.0671. The van der Waals surface area contributed by atoms with Crippen LogP contribution in [0.1, 0.15) is 5.69 Å². The van der Waals surface area contributed by atoms with E-state index in [0.717, 1.165) is 0 Å². The van der Waals surface area contributed by atoms with Crippen LogP contribution < -0.4 is 0 Å². The molecule has 52 valence electrons. The molecule has 1 rings (SSSR count). The van der Waals surface area contributed by atoms with Gasteiger partial charge in [-0.25, -0.2) is 4.98 Å². The van der Waals surface area contributed by atoms with Crippen molar-refractivity contribution < 1.29 is 5.11 Å². The van der Waals surface area contributed by atoms with Crippen LogP contribution in [0.15, 0.2) is 18.3 Å². The minimum absolute atomic E-state index is 0.0671. The van der Waals surface area contributed by atoms with Gasteiger partial charge in [0, 0.05) is 6.20 Å². The van der Waals surface area contributed by atoms with Gasteiger partial charge in [-0.1, -0.05) is 11.6 Å². The lowest BCUT2D eigenvalue weighted by atomic mass is 10.3. The normalized spacial score (nSPS) is 9.30. The van der Waals surface area contributed by atoms with Crippen LogP contribution in [0.25, 0.3) is 0 Å². The molecule has 2 N–H and O–H groups in total. The molecule has 3 nitrogen and oxygen atoms in total. The number of pyridine rings is 1. The predicted molar refractivity (Wildman–Crippen MR) is 38.6 cm³/mol. The van der Waals surface area contributed by atoms with Gasteiger partial charge in [0.1, 0.15) is 11.4 Å². The predicted octanol–water partition coefficient (Wildman–Crippen LogP) is 1.35. The minimum Gasteiger partial charge on any atom is -0.506 e. The van der Waals surface area contributed by atoms with Crippen LogP contribution in [-0.4, -0.2) is 15.3 Å². The van der Waals surface area contributed by atoms with Crippen molar-refractivity contribution in [2.24, 2.45) is 0 Å². The fraction of sp³-hybridized carbons (Fsp3) is 0. The smallest absolute Gasteiger partial charge is 0.150 e. The number of hydrogen-bond acceptors (Lipinski definition) is 3. The van der Waals surface area contributed by atoms with E-state index in [2.05, 4.69) is 4.98 Å². The minimum atomic E-state index is -0.252. The highest BCUT2D eigenvalue weighted by Crippen LogP contribution is 2.13. The molecule has 0 spiro atoms. The van der Waals surface area contributed by atoms with E-state index < -0.39 is 0 Å². The lowest BCUT2D eigenvalue weighted by Gasteiger charge is -1.96. The Morgan fingerprint density at radius 2 is 2.40 bits per heavy atom. The van der Waals surface area contributed by atoms with Gasteiger partial charge in [-0.3, -0.25) is 5.41 Å². The van der Waals surface area contributed by atoms with Crippen molar-refractivity contribution in [2.45, 2.75) is 0 Å². The Labute approximate surface area is 62.8 Å². The number of rotatable bonds is 1. The Hall–Kier alpha value is -1.09. The summed E-state index contributed by atoms with van der Waals surface area (Å²) in [7, 11) is 0. The molecule has 0 bridgehead atoms. The van der Waals surface area contributed by atoms with Crippen molar-refractivity contribution in [2.75, 3.05) is 0 Å². The monoisotopic (exact) mass is 156 g/mol. The molecular weight excluding hydrogens is 152 g/mol. The maximum atomic E-state index is 8.99. The molecule has 0 aliphatic rings. The Kier molecular flexibility index (Phi) is 1.87. The molecule has 0 aliphatic carbocycles. The molecule has 1 aromatic heterocycles. The molecule has 1 heterocycles. The van der Waals surface area contributed by atoms with Crippen LogP contribution in [0.2, 0.25) is 0 Å². The van der Waals surface area contributed by atoms with Gasteiger partial charge in [0.2, 0.25) is 0 Å². The molecule has 0 aromatic carbocycles. The fourth-order valence-electron chi connectivity index (χ4n) is 0.566. The number of nitrogens with zero attached hydrogens (tertiary/aromatic N) is 1. The second-order valence-electron chi connectivity index (χ2n) is 1.69. The molecule has 0 aliphatic heterocycles. The first-order chi connectivity index (χ1) is 4.72. The van der Waals surface area contributed by atoms with E-state index in [-0.39, 0.29) is 16.6 Å². The molecule has 0 amide bonds. The van der Waals surface area contributed by atoms with E-state index in [9.17, 15) is 0 Å².